The third kappa shape index (κ3) is 4.86. The summed E-state index contributed by atoms with van der Waals surface area (Å²) in [7, 11) is 1.83. The van der Waals surface area contributed by atoms with E-state index >= 15 is 0 Å². The molecule has 6 atom stereocenters. The van der Waals surface area contributed by atoms with E-state index in [4.69, 9.17) is 16.3 Å². The average molecular weight is 516 g/mol. The molecule has 6 nitrogen and oxygen atoms in total. The van der Waals surface area contributed by atoms with E-state index in [1.807, 2.05) is 26.2 Å². The third-order valence-corrected chi connectivity index (χ3v) is 10.5. The van der Waals surface area contributed by atoms with Crippen molar-refractivity contribution < 1.29 is 14.6 Å². The van der Waals surface area contributed by atoms with Crippen LogP contribution >= 0.6 is 11.6 Å². The molecule has 0 saturated heterocycles. The van der Waals surface area contributed by atoms with Crippen LogP contribution in [-0.2, 0) is 16.1 Å². The molecular formula is C29H42ClN3O3. The summed E-state index contributed by atoms with van der Waals surface area (Å²) >= 11 is 6.10. The van der Waals surface area contributed by atoms with Crippen molar-refractivity contribution in [1.82, 2.24) is 15.0 Å². The number of Topliss-reactive ketones (excluding diaryl/α,β-unsaturated/α-hetero) is 1. The molecule has 0 amide bonds. The zero-order chi connectivity index (χ0) is 25.6. The third-order valence-electron chi connectivity index (χ3n) is 10.3. The zero-order valence-corrected chi connectivity index (χ0v) is 22.9. The van der Waals surface area contributed by atoms with E-state index < -0.39 is 5.60 Å². The molecule has 2 aromatic rings. The molecule has 7 heteroatoms. The topological polar surface area (TPSA) is 77.2 Å². The van der Waals surface area contributed by atoms with Crippen molar-refractivity contribution in [2.24, 2.45) is 28.6 Å². The molecule has 36 heavy (non-hydrogen) atoms. The highest BCUT2D eigenvalue weighted by molar-refractivity contribution is 6.31. The van der Waals surface area contributed by atoms with Crippen molar-refractivity contribution >= 4 is 28.4 Å². The van der Waals surface area contributed by atoms with Gasteiger partial charge in [-0.05, 0) is 106 Å². The number of ketones is 1. The van der Waals surface area contributed by atoms with Gasteiger partial charge in [0.05, 0.1) is 17.7 Å². The summed E-state index contributed by atoms with van der Waals surface area (Å²) in [5, 5.41) is 19.9. The van der Waals surface area contributed by atoms with Crippen LogP contribution in [0.25, 0.3) is 11.0 Å². The van der Waals surface area contributed by atoms with Gasteiger partial charge in [-0.1, -0.05) is 36.6 Å². The number of nitrogens with zero attached hydrogens (tertiary/aromatic N) is 3. The molecule has 5 rings (SSSR count). The lowest BCUT2D eigenvalue weighted by Gasteiger charge is -2.56. The highest BCUT2D eigenvalue weighted by atomic mass is 35.5. The number of rotatable bonds is 8. The van der Waals surface area contributed by atoms with Gasteiger partial charge in [-0.2, -0.15) is 0 Å². The minimum atomic E-state index is -0.546. The Morgan fingerprint density at radius 2 is 2.03 bits per heavy atom. The number of aliphatic hydroxyl groups is 1. The predicted molar refractivity (Wildman–Crippen MR) is 142 cm³/mol. The first-order chi connectivity index (χ1) is 17.2. The lowest BCUT2D eigenvalue weighted by atomic mass is 9.51. The SMILES string of the molecule is COCC12CCC(C)(O)CC1CCCC2CCC1(C)CCCC1C(=O)Cn1nnc2cc(Cl)ccc21. The molecule has 3 fully saturated rings. The fourth-order valence-corrected chi connectivity index (χ4v) is 8.45. The first-order valence-corrected chi connectivity index (χ1v) is 14.3. The molecule has 1 heterocycles. The van der Waals surface area contributed by atoms with Crippen LogP contribution in [0.1, 0.15) is 84.5 Å². The summed E-state index contributed by atoms with van der Waals surface area (Å²) in [6, 6.07) is 5.52. The molecule has 198 valence electrons. The zero-order valence-electron chi connectivity index (χ0n) is 22.1. The number of carbonyl (C=O) groups is 1. The maximum atomic E-state index is 13.6. The Labute approximate surface area is 220 Å². The molecule has 3 aliphatic carbocycles. The number of carbonyl (C=O) groups excluding carboxylic acids is 1. The Hall–Kier alpha value is -1.50. The molecule has 1 aromatic heterocycles. The average Bonchev–Trinajstić information content (AvgIpc) is 3.41. The van der Waals surface area contributed by atoms with Crippen molar-refractivity contribution in [2.75, 3.05) is 13.7 Å². The molecular weight excluding hydrogens is 474 g/mol. The Bertz CT molecular complexity index is 1100. The van der Waals surface area contributed by atoms with Crippen molar-refractivity contribution in [3.05, 3.63) is 23.2 Å². The second-order valence-corrected chi connectivity index (χ2v) is 13.1. The normalized spacial score (nSPS) is 36.8. The molecule has 0 radical (unpaired) electrons. The van der Waals surface area contributed by atoms with E-state index in [-0.39, 0.29) is 29.1 Å². The fraction of sp³-hybridized carbons (Fsp3) is 0.759. The van der Waals surface area contributed by atoms with E-state index in [9.17, 15) is 9.90 Å². The molecule has 0 aliphatic heterocycles. The minimum absolute atomic E-state index is 0.0259. The number of halogens is 1. The van der Waals surface area contributed by atoms with Gasteiger partial charge in [0.1, 0.15) is 12.1 Å². The molecule has 6 unspecified atom stereocenters. The summed E-state index contributed by atoms with van der Waals surface area (Å²) in [6.07, 6.45) is 11.9. The minimum Gasteiger partial charge on any atom is -0.390 e. The Morgan fingerprint density at radius 3 is 2.83 bits per heavy atom. The van der Waals surface area contributed by atoms with Crippen LogP contribution in [0.15, 0.2) is 18.2 Å². The summed E-state index contributed by atoms with van der Waals surface area (Å²) < 4.78 is 7.57. The van der Waals surface area contributed by atoms with Crippen molar-refractivity contribution in [3.63, 3.8) is 0 Å². The largest absolute Gasteiger partial charge is 0.390 e. The van der Waals surface area contributed by atoms with Gasteiger partial charge in [0.2, 0.25) is 0 Å². The number of benzene rings is 1. The number of hydrogen-bond acceptors (Lipinski definition) is 5. The molecule has 3 aliphatic rings. The van der Waals surface area contributed by atoms with Crippen LogP contribution in [0.3, 0.4) is 0 Å². The van der Waals surface area contributed by atoms with Gasteiger partial charge in [0.15, 0.2) is 5.78 Å². The maximum absolute atomic E-state index is 13.6. The number of ether oxygens (including phenoxy) is 1. The molecule has 1 aromatic carbocycles. The van der Waals surface area contributed by atoms with Crippen LogP contribution in [0, 0.1) is 28.6 Å². The number of aromatic nitrogens is 3. The van der Waals surface area contributed by atoms with Gasteiger partial charge in [0, 0.05) is 18.1 Å². The van der Waals surface area contributed by atoms with Crippen LogP contribution < -0.4 is 0 Å². The summed E-state index contributed by atoms with van der Waals surface area (Å²) in [5.74, 6) is 1.47. The maximum Gasteiger partial charge on any atom is 0.157 e. The highest BCUT2D eigenvalue weighted by Gasteiger charge is 2.53. The number of fused-ring (bicyclic) bond motifs is 2. The standard InChI is InChI=1S/C29H42ClN3O3/c1-27(13-11-20-6-4-7-21-17-28(2,35)14-15-29(20,21)19-36-3)12-5-8-23(27)26(34)18-33-25-10-9-22(30)16-24(25)31-32-33/h9-10,16,20-21,23,35H,4-8,11-15,17-19H2,1-3H3. The molecule has 0 bridgehead atoms. The van der Waals surface area contributed by atoms with Crippen molar-refractivity contribution in [2.45, 2.75) is 96.6 Å². The summed E-state index contributed by atoms with van der Waals surface area (Å²) in [5.41, 5.74) is 1.24. The second kappa shape index (κ2) is 9.99. The monoisotopic (exact) mass is 515 g/mol. The first-order valence-electron chi connectivity index (χ1n) is 13.9. The number of hydrogen-bond donors (Lipinski definition) is 1. The van der Waals surface area contributed by atoms with E-state index in [2.05, 4.69) is 17.2 Å². The van der Waals surface area contributed by atoms with Gasteiger partial charge >= 0.3 is 0 Å². The van der Waals surface area contributed by atoms with Gasteiger partial charge in [-0.3, -0.25) is 4.79 Å². The second-order valence-electron chi connectivity index (χ2n) is 12.7. The van der Waals surface area contributed by atoms with Gasteiger partial charge in [-0.15, -0.1) is 5.10 Å². The summed E-state index contributed by atoms with van der Waals surface area (Å²) in [4.78, 5) is 13.6. The highest BCUT2D eigenvalue weighted by Crippen LogP contribution is 2.58. The fourth-order valence-electron chi connectivity index (χ4n) is 8.28. The lowest BCUT2D eigenvalue weighted by Crippen LogP contribution is -2.52. The van der Waals surface area contributed by atoms with Crippen molar-refractivity contribution in [1.29, 1.82) is 0 Å². The van der Waals surface area contributed by atoms with E-state index in [0.717, 1.165) is 69.0 Å². The van der Waals surface area contributed by atoms with Crippen LogP contribution in [0.2, 0.25) is 5.02 Å². The number of methoxy groups -OCH3 is 1. The van der Waals surface area contributed by atoms with E-state index in [1.165, 1.54) is 19.3 Å². The van der Waals surface area contributed by atoms with E-state index in [1.54, 1.807) is 10.7 Å². The Balaban J connectivity index is 1.29. The predicted octanol–water partition coefficient (Wildman–Crippen LogP) is 6.22. The van der Waals surface area contributed by atoms with Crippen LogP contribution in [0.5, 0.6) is 0 Å². The Kier molecular flexibility index (Phi) is 7.25. The molecule has 0 spiro atoms. The summed E-state index contributed by atoms with van der Waals surface area (Å²) in [6.45, 7) is 5.42. The quantitative estimate of drug-likeness (QED) is 0.451. The molecule has 1 N–H and O–H groups in total. The van der Waals surface area contributed by atoms with Gasteiger partial charge < -0.3 is 9.84 Å². The smallest absolute Gasteiger partial charge is 0.157 e. The lowest BCUT2D eigenvalue weighted by molar-refractivity contribution is -0.133. The van der Waals surface area contributed by atoms with Crippen LogP contribution in [-0.4, -0.2) is 45.2 Å². The van der Waals surface area contributed by atoms with Gasteiger partial charge in [-0.25, -0.2) is 4.68 Å². The molecule has 3 saturated carbocycles. The Morgan fingerprint density at radius 1 is 1.19 bits per heavy atom. The van der Waals surface area contributed by atoms with E-state index in [0.29, 0.717) is 16.9 Å². The van der Waals surface area contributed by atoms with Gasteiger partial charge in [0.25, 0.3) is 0 Å². The first kappa shape index (κ1) is 26.1. The van der Waals surface area contributed by atoms with Crippen molar-refractivity contribution in [3.8, 4) is 0 Å². The van der Waals surface area contributed by atoms with Crippen LogP contribution in [0.4, 0.5) is 0 Å².